The Kier molecular flexibility index (Phi) is 3.00. The Morgan fingerprint density at radius 1 is 0.846 bits per heavy atom. The molecule has 5 rings (SSSR count). The predicted octanol–water partition coefficient (Wildman–Crippen LogP) is 4.66. The number of fused-ring (bicyclic) bond motifs is 5. The van der Waals surface area contributed by atoms with Gasteiger partial charge in [0, 0.05) is 32.4 Å². The third-order valence-corrected chi connectivity index (χ3v) is 5.02. The van der Waals surface area contributed by atoms with Gasteiger partial charge in [-0.2, -0.15) is 0 Å². The molecule has 1 aliphatic heterocycles. The van der Waals surface area contributed by atoms with Crippen molar-refractivity contribution in [3.8, 4) is 11.1 Å². The van der Waals surface area contributed by atoms with Crippen LogP contribution >= 0.6 is 11.6 Å². The smallest absolute Gasteiger partial charge is 0.259 e. The van der Waals surface area contributed by atoms with Crippen molar-refractivity contribution < 1.29 is 14.0 Å². The summed E-state index contributed by atoms with van der Waals surface area (Å²) in [5.41, 5.74) is 3.06. The van der Waals surface area contributed by atoms with E-state index in [1.165, 1.54) is 12.1 Å². The van der Waals surface area contributed by atoms with Gasteiger partial charge in [-0.25, -0.2) is 4.39 Å². The molecule has 6 heteroatoms. The standard InChI is InChI=1S/C20H10ClFN2O2/c21-13-4-2-1-3-10(13)11-8-15-16(18-17(11)19(25)24-20(18)26)12-7-9(22)5-6-14(12)23-15/h1-8,23H,(H,24,25,26). The fraction of sp³-hybridized carbons (Fsp3) is 0. The highest BCUT2D eigenvalue weighted by atomic mass is 35.5. The largest absolute Gasteiger partial charge is 0.354 e. The predicted molar refractivity (Wildman–Crippen MR) is 98.0 cm³/mol. The van der Waals surface area contributed by atoms with Gasteiger partial charge >= 0.3 is 0 Å². The maximum Gasteiger partial charge on any atom is 0.259 e. The average Bonchev–Trinajstić information content (AvgIpc) is 3.11. The van der Waals surface area contributed by atoms with E-state index in [-0.39, 0.29) is 11.1 Å². The van der Waals surface area contributed by atoms with Crippen LogP contribution in [0.15, 0.2) is 48.5 Å². The zero-order chi connectivity index (χ0) is 18.0. The first kappa shape index (κ1) is 15.1. The van der Waals surface area contributed by atoms with Crippen molar-refractivity contribution in [2.45, 2.75) is 0 Å². The lowest BCUT2D eigenvalue weighted by molar-refractivity contribution is 0.0880. The molecule has 4 aromatic rings. The molecule has 0 fully saturated rings. The van der Waals surface area contributed by atoms with E-state index in [0.29, 0.717) is 38.0 Å². The molecular formula is C20H10ClFN2O2. The number of benzene rings is 3. The molecule has 2 N–H and O–H groups in total. The number of hydrogen-bond acceptors (Lipinski definition) is 2. The third-order valence-electron chi connectivity index (χ3n) is 4.69. The maximum absolute atomic E-state index is 13.8. The molecular weight excluding hydrogens is 355 g/mol. The molecule has 2 amide bonds. The van der Waals surface area contributed by atoms with Gasteiger partial charge < -0.3 is 4.98 Å². The molecule has 26 heavy (non-hydrogen) atoms. The zero-order valence-electron chi connectivity index (χ0n) is 13.2. The second-order valence-corrected chi connectivity index (χ2v) is 6.58. The van der Waals surface area contributed by atoms with Gasteiger partial charge in [-0.15, -0.1) is 0 Å². The Morgan fingerprint density at radius 2 is 1.62 bits per heavy atom. The van der Waals surface area contributed by atoms with Gasteiger partial charge in [-0.05, 0) is 35.9 Å². The lowest BCUT2D eigenvalue weighted by Gasteiger charge is -2.09. The summed E-state index contributed by atoms with van der Waals surface area (Å²) in [5, 5.41) is 3.92. The molecule has 126 valence electrons. The van der Waals surface area contributed by atoms with Gasteiger partial charge in [0.05, 0.1) is 11.1 Å². The van der Waals surface area contributed by atoms with Crippen molar-refractivity contribution in [1.29, 1.82) is 0 Å². The number of halogens is 2. The summed E-state index contributed by atoms with van der Waals surface area (Å²) in [6, 6.07) is 13.2. The highest BCUT2D eigenvalue weighted by molar-refractivity contribution is 6.36. The van der Waals surface area contributed by atoms with Crippen LogP contribution in [0, 0.1) is 5.82 Å². The third kappa shape index (κ3) is 1.95. The minimum atomic E-state index is -0.492. The van der Waals surface area contributed by atoms with E-state index in [4.69, 9.17) is 11.6 Å². The molecule has 3 aromatic carbocycles. The zero-order valence-corrected chi connectivity index (χ0v) is 13.9. The summed E-state index contributed by atoms with van der Waals surface area (Å²) < 4.78 is 13.8. The number of H-pyrrole nitrogens is 1. The minimum absolute atomic E-state index is 0.249. The van der Waals surface area contributed by atoms with Crippen LogP contribution in [0.2, 0.25) is 5.02 Å². The van der Waals surface area contributed by atoms with Crippen LogP contribution < -0.4 is 5.32 Å². The van der Waals surface area contributed by atoms with Crippen LogP contribution in [0.1, 0.15) is 20.7 Å². The normalized spacial score (nSPS) is 13.5. The Hall–Kier alpha value is -3.18. The summed E-state index contributed by atoms with van der Waals surface area (Å²) >= 11 is 6.32. The summed E-state index contributed by atoms with van der Waals surface area (Å²) in [6.45, 7) is 0. The summed E-state index contributed by atoms with van der Waals surface area (Å²) in [5.74, 6) is -1.38. The molecule has 4 nitrogen and oxygen atoms in total. The molecule has 1 aromatic heterocycles. The van der Waals surface area contributed by atoms with Gasteiger partial charge in [-0.3, -0.25) is 14.9 Å². The molecule has 0 spiro atoms. The van der Waals surface area contributed by atoms with Crippen molar-refractivity contribution in [2.24, 2.45) is 0 Å². The molecule has 0 aliphatic carbocycles. The molecule has 1 aliphatic rings. The quantitative estimate of drug-likeness (QED) is 0.482. The van der Waals surface area contributed by atoms with E-state index in [1.54, 1.807) is 30.3 Å². The SMILES string of the molecule is O=C1NC(=O)c2c1c(-c1ccccc1Cl)cc1[nH]c3ccc(F)cc3c21. The lowest BCUT2D eigenvalue weighted by Crippen LogP contribution is -2.20. The highest BCUT2D eigenvalue weighted by Gasteiger charge is 2.34. The van der Waals surface area contributed by atoms with E-state index in [1.807, 2.05) is 6.07 Å². The first-order chi connectivity index (χ1) is 12.5. The number of imide groups is 1. The molecule has 2 heterocycles. The van der Waals surface area contributed by atoms with Crippen molar-refractivity contribution in [3.05, 3.63) is 70.5 Å². The number of aromatic nitrogens is 1. The highest BCUT2D eigenvalue weighted by Crippen LogP contribution is 2.40. The molecule has 0 atom stereocenters. The first-order valence-electron chi connectivity index (χ1n) is 7.93. The Labute approximate surface area is 151 Å². The van der Waals surface area contributed by atoms with Crippen LogP contribution in [0.25, 0.3) is 32.9 Å². The van der Waals surface area contributed by atoms with E-state index >= 15 is 0 Å². The van der Waals surface area contributed by atoms with Crippen LogP contribution in [-0.2, 0) is 0 Å². The molecule has 0 bridgehead atoms. The molecule has 0 saturated heterocycles. The second kappa shape index (κ2) is 5.16. The average molecular weight is 365 g/mol. The number of nitrogens with one attached hydrogen (secondary N) is 2. The summed E-state index contributed by atoms with van der Waals surface area (Å²) in [6.07, 6.45) is 0. The Balaban J connectivity index is 2.00. The molecule has 0 unspecified atom stereocenters. The topological polar surface area (TPSA) is 62.0 Å². The van der Waals surface area contributed by atoms with E-state index in [0.717, 1.165) is 0 Å². The van der Waals surface area contributed by atoms with Crippen molar-refractivity contribution in [1.82, 2.24) is 10.3 Å². The summed E-state index contributed by atoms with van der Waals surface area (Å²) in [7, 11) is 0. The van der Waals surface area contributed by atoms with Gasteiger partial charge in [0.25, 0.3) is 11.8 Å². The minimum Gasteiger partial charge on any atom is -0.354 e. The number of amides is 2. The Morgan fingerprint density at radius 3 is 2.42 bits per heavy atom. The fourth-order valence-corrected chi connectivity index (χ4v) is 3.86. The molecule has 0 saturated carbocycles. The lowest BCUT2D eigenvalue weighted by atomic mass is 9.93. The number of carbonyl (C=O) groups is 2. The van der Waals surface area contributed by atoms with Crippen LogP contribution in [0.3, 0.4) is 0 Å². The summed E-state index contributed by atoms with van der Waals surface area (Å²) in [4.78, 5) is 28.2. The van der Waals surface area contributed by atoms with Gasteiger partial charge in [-0.1, -0.05) is 29.8 Å². The maximum atomic E-state index is 13.8. The van der Waals surface area contributed by atoms with Crippen LogP contribution in [0.4, 0.5) is 4.39 Å². The number of rotatable bonds is 1. The van der Waals surface area contributed by atoms with Crippen molar-refractivity contribution in [3.63, 3.8) is 0 Å². The first-order valence-corrected chi connectivity index (χ1v) is 8.31. The van der Waals surface area contributed by atoms with Crippen LogP contribution in [0.5, 0.6) is 0 Å². The van der Waals surface area contributed by atoms with E-state index < -0.39 is 17.6 Å². The van der Waals surface area contributed by atoms with Gasteiger partial charge in [0.15, 0.2) is 0 Å². The number of hydrogen-bond donors (Lipinski definition) is 2. The van der Waals surface area contributed by atoms with E-state index in [2.05, 4.69) is 10.3 Å². The number of aromatic amines is 1. The number of carbonyl (C=O) groups excluding carboxylic acids is 2. The van der Waals surface area contributed by atoms with Crippen LogP contribution in [-0.4, -0.2) is 16.8 Å². The van der Waals surface area contributed by atoms with Crippen molar-refractivity contribution >= 4 is 45.2 Å². The Bertz CT molecular complexity index is 1280. The van der Waals surface area contributed by atoms with Gasteiger partial charge in [0.1, 0.15) is 5.82 Å². The molecule has 0 radical (unpaired) electrons. The monoisotopic (exact) mass is 364 g/mol. The second-order valence-electron chi connectivity index (χ2n) is 6.17. The van der Waals surface area contributed by atoms with Gasteiger partial charge in [0.2, 0.25) is 0 Å². The fourth-order valence-electron chi connectivity index (χ4n) is 3.62. The van der Waals surface area contributed by atoms with Crippen molar-refractivity contribution in [2.75, 3.05) is 0 Å². The van der Waals surface area contributed by atoms with E-state index in [9.17, 15) is 14.0 Å².